The molecule has 0 spiro atoms. The second kappa shape index (κ2) is 8.18. The number of carbonyl (C=O) groups excluding carboxylic acids is 2. The highest BCUT2D eigenvalue weighted by atomic mass is 19.1. The Kier molecular flexibility index (Phi) is 5.71. The van der Waals surface area contributed by atoms with Crippen LogP contribution < -0.4 is 16.4 Å². The summed E-state index contributed by atoms with van der Waals surface area (Å²) in [4.78, 5) is 26.4. The first kappa shape index (κ1) is 18.8. The molecule has 1 saturated heterocycles. The fraction of sp³-hybridized carbons (Fsp3) is 0.300. The number of anilines is 1. The van der Waals surface area contributed by atoms with Gasteiger partial charge in [0.05, 0.1) is 0 Å². The van der Waals surface area contributed by atoms with Gasteiger partial charge in [0.2, 0.25) is 5.91 Å². The molecule has 142 valence electrons. The number of carbonyl (C=O) groups is 2. The van der Waals surface area contributed by atoms with Crippen LogP contribution in [-0.2, 0) is 4.79 Å². The number of amides is 3. The van der Waals surface area contributed by atoms with E-state index in [9.17, 15) is 14.0 Å². The molecule has 0 radical (unpaired) electrons. The molecule has 3 amide bonds. The van der Waals surface area contributed by atoms with Crippen molar-refractivity contribution in [1.29, 1.82) is 0 Å². The minimum absolute atomic E-state index is 0.151. The number of nitrogens with one attached hydrogen (secondary N) is 2. The minimum atomic E-state index is -0.711. The zero-order valence-corrected chi connectivity index (χ0v) is 15.1. The first-order valence-electron chi connectivity index (χ1n) is 8.86. The highest BCUT2D eigenvalue weighted by Crippen LogP contribution is 2.18. The summed E-state index contributed by atoms with van der Waals surface area (Å²) in [5.41, 5.74) is 8.49. The molecule has 2 aromatic carbocycles. The molecule has 1 heterocycles. The van der Waals surface area contributed by atoms with Crippen LogP contribution in [0.1, 0.15) is 23.6 Å². The molecule has 2 aromatic rings. The summed E-state index contributed by atoms with van der Waals surface area (Å²) in [6, 6.07) is 11.9. The van der Waals surface area contributed by atoms with Crippen LogP contribution in [0.25, 0.3) is 0 Å². The Morgan fingerprint density at radius 3 is 2.48 bits per heavy atom. The molecule has 1 aliphatic rings. The monoisotopic (exact) mass is 370 g/mol. The van der Waals surface area contributed by atoms with E-state index in [2.05, 4.69) is 10.6 Å². The second-order valence-corrected chi connectivity index (χ2v) is 6.76. The van der Waals surface area contributed by atoms with Crippen LogP contribution in [0.2, 0.25) is 0 Å². The van der Waals surface area contributed by atoms with E-state index < -0.39 is 6.04 Å². The lowest BCUT2D eigenvalue weighted by molar-refractivity contribution is -0.131. The van der Waals surface area contributed by atoms with Crippen LogP contribution in [0.3, 0.4) is 0 Å². The van der Waals surface area contributed by atoms with Crippen molar-refractivity contribution >= 4 is 17.6 Å². The number of hydrogen-bond donors (Lipinski definition) is 3. The van der Waals surface area contributed by atoms with E-state index in [0.717, 1.165) is 11.1 Å². The Morgan fingerprint density at radius 1 is 1.15 bits per heavy atom. The number of hydrogen-bond acceptors (Lipinski definition) is 3. The summed E-state index contributed by atoms with van der Waals surface area (Å²) in [5, 5.41) is 5.48. The summed E-state index contributed by atoms with van der Waals surface area (Å²) in [6.07, 6.45) is 0.656. The van der Waals surface area contributed by atoms with Gasteiger partial charge in [0.25, 0.3) is 0 Å². The van der Waals surface area contributed by atoms with Gasteiger partial charge in [0.15, 0.2) is 0 Å². The van der Waals surface area contributed by atoms with Gasteiger partial charge in [-0.05, 0) is 43.2 Å². The maximum Gasteiger partial charge on any atom is 0.319 e. The Bertz CT molecular complexity index is 808. The average Bonchev–Trinajstić information content (AvgIpc) is 3.11. The van der Waals surface area contributed by atoms with Crippen LogP contribution in [0, 0.1) is 12.7 Å². The van der Waals surface area contributed by atoms with Crippen molar-refractivity contribution in [1.82, 2.24) is 10.2 Å². The van der Waals surface area contributed by atoms with E-state index in [0.29, 0.717) is 25.2 Å². The van der Waals surface area contributed by atoms with E-state index in [-0.39, 0.29) is 23.8 Å². The van der Waals surface area contributed by atoms with Crippen molar-refractivity contribution < 1.29 is 14.0 Å². The number of urea groups is 1. The van der Waals surface area contributed by atoms with Crippen molar-refractivity contribution in [2.45, 2.75) is 25.4 Å². The Morgan fingerprint density at radius 2 is 1.81 bits per heavy atom. The van der Waals surface area contributed by atoms with E-state index in [4.69, 9.17) is 5.73 Å². The summed E-state index contributed by atoms with van der Waals surface area (Å²) >= 11 is 0. The zero-order valence-electron chi connectivity index (χ0n) is 15.1. The number of aryl methyl sites for hydroxylation is 1. The predicted molar refractivity (Wildman–Crippen MR) is 102 cm³/mol. The van der Waals surface area contributed by atoms with Crippen LogP contribution in [0.5, 0.6) is 0 Å². The molecular formula is C20H23FN4O2. The van der Waals surface area contributed by atoms with Crippen LogP contribution >= 0.6 is 0 Å². The van der Waals surface area contributed by atoms with Gasteiger partial charge < -0.3 is 21.3 Å². The van der Waals surface area contributed by atoms with Gasteiger partial charge in [0.1, 0.15) is 11.9 Å². The van der Waals surface area contributed by atoms with Gasteiger partial charge in [-0.2, -0.15) is 0 Å². The third kappa shape index (κ3) is 4.83. The van der Waals surface area contributed by atoms with Crippen molar-refractivity contribution in [3.8, 4) is 0 Å². The molecule has 0 saturated carbocycles. The molecule has 0 bridgehead atoms. The highest BCUT2D eigenvalue weighted by molar-refractivity contribution is 5.89. The van der Waals surface area contributed by atoms with E-state index in [1.165, 1.54) is 24.3 Å². The lowest BCUT2D eigenvalue weighted by Gasteiger charge is -2.21. The van der Waals surface area contributed by atoms with E-state index >= 15 is 0 Å². The fourth-order valence-corrected chi connectivity index (χ4v) is 3.08. The van der Waals surface area contributed by atoms with Crippen LogP contribution in [-0.4, -0.2) is 36.0 Å². The van der Waals surface area contributed by atoms with Crippen molar-refractivity contribution in [3.05, 3.63) is 65.5 Å². The topological polar surface area (TPSA) is 87.5 Å². The third-order valence-electron chi connectivity index (χ3n) is 4.64. The Hall–Kier alpha value is -2.93. The Balaban J connectivity index is 1.51. The van der Waals surface area contributed by atoms with Gasteiger partial charge in [-0.3, -0.25) is 4.79 Å². The van der Waals surface area contributed by atoms with E-state index in [1.807, 2.05) is 31.2 Å². The largest absolute Gasteiger partial charge is 0.339 e. The van der Waals surface area contributed by atoms with Crippen molar-refractivity contribution in [3.63, 3.8) is 0 Å². The molecule has 1 aliphatic heterocycles. The first-order chi connectivity index (χ1) is 12.9. The predicted octanol–water partition coefficient (Wildman–Crippen LogP) is 2.56. The molecule has 6 nitrogen and oxygen atoms in total. The van der Waals surface area contributed by atoms with Gasteiger partial charge in [0, 0.05) is 24.8 Å². The molecule has 2 atom stereocenters. The number of benzene rings is 2. The standard InChI is InChI=1S/C20H23FN4O2/c1-13-2-4-14(5-3-13)18(22)19(26)25-11-10-17(12-25)24-20(27)23-16-8-6-15(21)7-9-16/h2-9,17-18H,10-12,22H2,1H3,(H2,23,24,27). The molecular weight excluding hydrogens is 347 g/mol. The normalized spacial score (nSPS) is 17.4. The average molecular weight is 370 g/mol. The maximum absolute atomic E-state index is 12.9. The van der Waals surface area contributed by atoms with Gasteiger partial charge in [-0.25, -0.2) is 9.18 Å². The summed E-state index contributed by atoms with van der Waals surface area (Å²) in [7, 11) is 0. The molecule has 2 unspecified atom stereocenters. The number of halogens is 1. The molecule has 0 aliphatic carbocycles. The highest BCUT2D eigenvalue weighted by Gasteiger charge is 2.30. The quantitative estimate of drug-likeness (QED) is 0.773. The lowest BCUT2D eigenvalue weighted by atomic mass is 10.0. The third-order valence-corrected chi connectivity index (χ3v) is 4.64. The van der Waals surface area contributed by atoms with Gasteiger partial charge in [-0.1, -0.05) is 29.8 Å². The molecule has 27 heavy (non-hydrogen) atoms. The number of likely N-dealkylation sites (tertiary alicyclic amines) is 1. The Labute approximate surface area is 157 Å². The summed E-state index contributed by atoms with van der Waals surface area (Å²) < 4.78 is 12.9. The second-order valence-electron chi connectivity index (χ2n) is 6.76. The van der Waals surface area contributed by atoms with Crippen molar-refractivity contribution in [2.75, 3.05) is 18.4 Å². The first-order valence-corrected chi connectivity index (χ1v) is 8.86. The van der Waals surface area contributed by atoms with Crippen LogP contribution in [0.15, 0.2) is 48.5 Å². The van der Waals surface area contributed by atoms with E-state index in [1.54, 1.807) is 4.90 Å². The lowest BCUT2D eigenvalue weighted by Crippen LogP contribution is -2.42. The van der Waals surface area contributed by atoms with Crippen molar-refractivity contribution in [2.24, 2.45) is 5.73 Å². The summed E-state index contributed by atoms with van der Waals surface area (Å²) in [6.45, 7) is 2.93. The molecule has 3 rings (SSSR count). The molecule has 1 fully saturated rings. The number of nitrogens with two attached hydrogens (primary N) is 1. The maximum atomic E-state index is 12.9. The number of nitrogens with zero attached hydrogens (tertiary/aromatic N) is 1. The smallest absolute Gasteiger partial charge is 0.319 e. The minimum Gasteiger partial charge on any atom is -0.339 e. The zero-order chi connectivity index (χ0) is 19.4. The summed E-state index contributed by atoms with van der Waals surface area (Å²) in [5.74, 6) is -0.516. The van der Waals surface area contributed by atoms with Crippen LogP contribution in [0.4, 0.5) is 14.9 Å². The molecule has 0 aromatic heterocycles. The SMILES string of the molecule is Cc1ccc(C(N)C(=O)N2CCC(NC(=O)Nc3ccc(F)cc3)C2)cc1. The van der Waals surface area contributed by atoms with Gasteiger partial charge in [-0.15, -0.1) is 0 Å². The van der Waals surface area contributed by atoms with Gasteiger partial charge >= 0.3 is 6.03 Å². The molecule has 7 heteroatoms. The molecule has 4 N–H and O–H groups in total. The number of rotatable bonds is 4. The fourth-order valence-electron chi connectivity index (χ4n) is 3.08.